The van der Waals surface area contributed by atoms with Crippen molar-refractivity contribution in [3.8, 4) is 0 Å². The molecule has 3 nitrogen and oxygen atoms in total. The molecule has 2 bridgehead atoms. The number of thioether (sulfide) groups is 1. The van der Waals surface area contributed by atoms with Gasteiger partial charge < -0.3 is 0 Å². The fraction of sp³-hybridized carbons (Fsp3) is 0.571. The Balaban J connectivity index is 1.93. The largest absolute Gasteiger partial charge is 0.243 e. The summed E-state index contributed by atoms with van der Waals surface area (Å²) in [6, 6.07) is 5.50. The SMILES string of the molecule is CSC1CC2CCC(C1)N2S(=O)(=O)c1cccc(F)c1. The molecule has 20 heavy (non-hydrogen) atoms. The highest BCUT2D eigenvalue weighted by molar-refractivity contribution is 7.99. The Labute approximate surface area is 123 Å². The average molecular weight is 315 g/mol. The van der Waals surface area contributed by atoms with Gasteiger partial charge >= 0.3 is 0 Å². The summed E-state index contributed by atoms with van der Waals surface area (Å²) >= 11 is 1.82. The van der Waals surface area contributed by atoms with Crippen LogP contribution >= 0.6 is 11.8 Å². The molecule has 0 radical (unpaired) electrons. The molecule has 110 valence electrons. The molecule has 0 N–H and O–H groups in total. The number of hydrogen-bond donors (Lipinski definition) is 0. The summed E-state index contributed by atoms with van der Waals surface area (Å²) in [6.45, 7) is 0. The number of benzene rings is 1. The van der Waals surface area contributed by atoms with Crippen LogP contribution in [0.2, 0.25) is 0 Å². The molecule has 6 heteroatoms. The van der Waals surface area contributed by atoms with Gasteiger partial charge in [-0.1, -0.05) is 6.07 Å². The molecule has 3 rings (SSSR count). The predicted molar refractivity (Wildman–Crippen MR) is 78.8 cm³/mol. The third-order valence-corrected chi connectivity index (χ3v) is 7.38. The zero-order valence-electron chi connectivity index (χ0n) is 11.3. The van der Waals surface area contributed by atoms with E-state index in [0.717, 1.165) is 31.7 Å². The summed E-state index contributed by atoms with van der Waals surface area (Å²) in [4.78, 5) is 0.0806. The highest BCUT2D eigenvalue weighted by Crippen LogP contribution is 2.42. The first-order chi connectivity index (χ1) is 9.52. The normalized spacial score (nSPS) is 30.6. The molecule has 2 atom stereocenters. The number of halogens is 1. The van der Waals surface area contributed by atoms with Crippen molar-refractivity contribution >= 4 is 21.8 Å². The van der Waals surface area contributed by atoms with Crippen LogP contribution in [-0.2, 0) is 10.0 Å². The Kier molecular flexibility index (Phi) is 3.81. The highest BCUT2D eigenvalue weighted by Gasteiger charge is 2.46. The van der Waals surface area contributed by atoms with E-state index >= 15 is 0 Å². The smallest absolute Gasteiger partial charge is 0.207 e. The maximum atomic E-state index is 13.3. The fourth-order valence-corrected chi connectivity index (χ4v) is 6.17. The highest BCUT2D eigenvalue weighted by atomic mass is 32.2. The summed E-state index contributed by atoms with van der Waals surface area (Å²) in [7, 11) is -3.57. The molecule has 2 saturated heterocycles. The number of hydrogen-bond acceptors (Lipinski definition) is 3. The molecule has 0 aliphatic carbocycles. The van der Waals surface area contributed by atoms with Gasteiger partial charge in [0, 0.05) is 17.3 Å². The van der Waals surface area contributed by atoms with Crippen LogP contribution in [0.1, 0.15) is 25.7 Å². The van der Waals surface area contributed by atoms with E-state index in [4.69, 9.17) is 0 Å². The van der Waals surface area contributed by atoms with Gasteiger partial charge in [-0.05, 0) is 50.1 Å². The lowest BCUT2D eigenvalue weighted by molar-refractivity contribution is 0.253. The van der Waals surface area contributed by atoms with Crippen LogP contribution in [0, 0.1) is 5.82 Å². The molecule has 1 aromatic rings. The lowest BCUT2D eigenvalue weighted by atomic mass is 10.1. The molecule has 2 unspecified atom stereocenters. The van der Waals surface area contributed by atoms with Crippen LogP contribution < -0.4 is 0 Å². The summed E-state index contributed by atoms with van der Waals surface area (Å²) in [5, 5.41) is 0.548. The van der Waals surface area contributed by atoms with Gasteiger partial charge in [0.1, 0.15) is 5.82 Å². The minimum atomic E-state index is -3.57. The van der Waals surface area contributed by atoms with Crippen LogP contribution in [0.4, 0.5) is 4.39 Å². The maximum Gasteiger partial charge on any atom is 0.243 e. The molecule has 0 amide bonds. The minimum Gasteiger partial charge on any atom is -0.207 e. The van der Waals surface area contributed by atoms with E-state index < -0.39 is 15.8 Å². The van der Waals surface area contributed by atoms with E-state index in [-0.39, 0.29) is 17.0 Å². The molecule has 2 heterocycles. The third kappa shape index (κ3) is 2.38. The zero-order chi connectivity index (χ0) is 14.3. The van der Waals surface area contributed by atoms with Crippen molar-refractivity contribution in [2.45, 2.75) is 47.9 Å². The van der Waals surface area contributed by atoms with Crippen molar-refractivity contribution in [1.29, 1.82) is 0 Å². The summed E-state index contributed by atoms with van der Waals surface area (Å²) in [5.74, 6) is -0.502. The Morgan fingerprint density at radius 2 is 1.90 bits per heavy atom. The first-order valence-corrected chi connectivity index (χ1v) is 9.57. The van der Waals surface area contributed by atoms with Gasteiger partial charge in [0.15, 0.2) is 0 Å². The van der Waals surface area contributed by atoms with Crippen LogP contribution in [0.5, 0.6) is 0 Å². The monoisotopic (exact) mass is 315 g/mol. The van der Waals surface area contributed by atoms with Gasteiger partial charge in [-0.15, -0.1) is 0 Å². The standard InChI is InChI=1S/C14H18FNO2S2/c1-19-13-8-11-5-6-12(9-13)16(11)20(17,18)14-4-2-3-10(15)7-14/h2-4,7,11-13H,5-6,8-9H2,1H3. The van der Waals surface area contributed by atoms with Crippen molar-refractivity contribution < 1.29 is 12.8 Å². The number of rotatable bonds is 3. The lowest BCUT2D eigenvalue weighted by Gasteiger charge is -2.37. The van der Waals surface area contributed by atoms with Crippen LogP contribution in [0.25, 0.3) is 0 Å². The summed E-state index contributed by atoms with van der Waals surface area (Å²) in [6.07, 6.45) is 5.76. The predicted octanol–water partition coefficient (Wildman–Crippen LogP) is 2.87. The van der Waals surface area contributed by atoms with Crippen LogP contribution in [-0.4, -0.2) is 36.3 Å². The number of piperidine rings is 1. The first kappa shape index (κ1) is 14.4. The average Bonchev–Trinajstić information content (AvgIpc) is 2.71. The molecular weight excluding hydrogens is 297 g/mol. The summed E-state index contributed by atoms with van der Waals surface area (Å²) < 4.78 is 40.4. The van der Waals surface area contributed by atoms with E-state index in [1.54, 1.807) is 4.31 Å². The van der Waals surface area contributed by atoms with E-state index in [9.17, 15) is 12.8 Å². The number of fused-ring (bicyclic) bond motifs is 2. The minimum absolute atomic E-state index is 0.0806. The van der Waals surface area contributed by atoms with Gasteiger partial charge in [0.25, 0.3) is 0 Å². The number of sulfonamides is 1. The van der Waals surface area contributed by atoms with Crippen LogP contribution in [0.15, 0.2) is 29.2 Å². The Bertz CT molecular complexity index is 591. The van der Waals surface area contributed by atoms with Gasteiger partial charge in [-0.3, -0.25) is 0 Å². The van der Waals surface area contributed by atoms with Crippen molar-refractivity contribution in [3.05, 3.63) is 30.1 Å². The molecular formula is C14H18FNO2S2. The third-order valence-electron chi connectivity index (χ3n) is 4.33. The molecule has 2 aliphatic heterocycles. The molecule has 2 fully saturated rings. The van der Waals surface area contributed by atoms with Gasteiger partial charge in [0.2, 0.25) is 10.0 Å². The second-order valence-electron chi connectivity index (χ2n) is 5.51. The topological polar surface area (TPSA) is 37.4 Å². The van der Waals surface area contributed by atoms with E-state index in [2.05, 4.69) is 6.26 Å². The second kappa shape index (κ2) is 5.31. The van der Waals surface area contributed by atoms with E-state index in [0.29, 0.717) is 5.25 Å². The van der Waals surface area contributed by atoms with E-state index in [1.807, 2.05) is 11.8 Å². The quantitative estimate of drug-likeness (QED) is 0.861. The number of nitrogens with zero attached hydrogens (tertiary/aromatic N) is 1. The van der Waals surface area contributed by atoms with Crippen molar-refractivity contribution in [1.82, 2.24) is 4.31 Å². The lowest BCUT2D eigenvalue weighted by Crippen LogP contribution is -2.47. The molecule has 0 aromatic heterocycles. The second-order valence-corrected chi connectivity index (χ2v) is 8.49. The Morgan fingerprint density at radius 3 is 2.45 bits per heavy atom. The fourth-order valence-electron chi connectivity index (χ4n) is 3.42. The summed E-state index contributed by atoms with van der Waals surface area (Å²) in [5.41, 5.74) is 0. The maximum absolute atomic E-state index is 13.3. The molecule has 2 aliphatic rings. The van der Waals surface area contributed by atoms with Gasteiger partial charge in [-0.2, -0.15) is 16.1 Å². The zero-order valence-corrected chi connectivity index (χ0v) is 13.0. The Morgan fingerprint density at radius 1 is 1.25 bits per heavy atom. The van der Waals surface area contributed by atoms with Crippen molar-refractivity contribution in [2.75, 3.05) is 6.26 Å². The first-order valence-electron chi connectivity index (χ1n) is 6.84. The van der Waals surface area contributed by atoms with E-state index in [1.165, 1.54) is 18.2 Å². The molecule has 0 saturated carbocycles. The molecule has 1 aromatic carbocycles. The van der Waals surface area contributed by atoms with Gasteiger partial charge in [-0.25, -0.2) is 12.8 Å². The van der Waals surface area contributed by atoms with Crippen molar-refractivity contribution in [3.63, 3.8) is 0 Å². The molecule has 0 spiro atoms. The van der Waals surface area contributed by atoms with Crippen molar-refractivity contribution in [2.24, 2.45) is 0 Å². The van der Waals surface area contributed by atoms with Crippen LogP contribution in [0.3, 0.4) is 0 Å². The van der Waals surface area contributed by atoms with Gasteiger partial charge in [0.05, 0.1) is 4.90 Å². The Hall–Kier alpha value is -0.590.